The molecule has 0 heterocycles. The van der Waals surface area contributed by atoms with Gasteiger partial charge in [-0.3, -0.25) is 0 Å². The smallest absolute Gasteiger partial charge is 2.00 e. The van der Waals surface area contributed by atoms with Gasteiger partial charge < -0.3 is 32.9 Å². The van der Waals surface area contributed by atoms with E-state index >= 15 is 0 Å². The molecule has 0 fully saturated rings. The minimum Gasteiger partial charge on any atom is -2.00 e. The monoisotopic (exact) mass is 156 g/mol. The van der Waals surface area contributed by atoms with Crippen LogP contribution in [-0.4, -0.2) is 51.2 Å². The van der Waals surface area contributed by atoms with Crippen LogP contribution in [0.3, 0.4) is 0 Å². The first-order valence-electron chi connectivity index (χ1n) is 0. The van der Waals surface area contributed by atoms with E-state index in [-0.39, 0.29) is 67.6 Å². The van der Waals surface area contributed by atoms with Crippen LogP contribution >= 0.6 is 0 Å². The zero-order chi connectivity index (χ0) is 0. The van der Waals surface area contributed by atoms with Crippen LogP contribution in [0.1, 0.15) is 0 Å². The molecule has 6 N–H and O–H groups in total. The molecule has 0 bridgehead atoms. The molecule has 6 nitrogen and oxygen atoms in total. The third-order valence-electron chi connectivity index (χ3n) is 0. The summed E-state index contributed by atoms with van der Waals surface area (Å²) in [6.07, 6.45) is 0. The number of rotatable bonds is 0. The Morgan fingerprint density at radius 1 is 0.375 bits per heavy atom. The van der Waals surface area contributed by atoms with Crippen LogP contribution in [0.4, 0.5) is 0 Å². The van der Waals surface area contributed by atoms with E-state index in [4.69, 9.17) is 0 Å². The van der Waals surface area contributed by atoms with Crippen LogP contribution in [0.2, 0.25) is 0 Å². The fourth-order valence-electron chi connectivity index (χ4n) is 0. The molecule has 0 aliphatic rings. The van der Waals surface area contributed by atoms with Crippen molar-refractivity contribution in [3.05, 3.63) is 0 Å². The Labute approximate surface area is 68.0 Å². The van der Waals surface area contributed by atoms with Gasteiger partial charge >= 0.3 is 34.7 Å². The summed E-state index contributed by atoms with van der Waals surface area (Å²) in [6, 6.07) is 0. The molecule has 0 saturated carbocycles. The number of hydrogen-bond acceptors (Lipinski definition) is 0. The van der Waals surface area contributed by atoms with E-state index < -0.39 is 0 Å². The quantitative estimate of drug-likeness (QED) is 0.314. The molecule has 0 unspecified atom stereocenters. The molecule has 8 heteroatoms. The third kappa shape index (κ3) is 340. The van der Waals surface area contributed by atoms with E-state index in [0.29, 0.717) is 0 Å². The van der Waals surface area contributed by atoms with Gasteiger partial charge in [-0.1, -0.05) is 0 Å². The summed E-state index contributed by atoms with van der Waals surface area (Å²) in [7, 11) is 0. The third-order valence-corrected chi connectivity index (χ3v) is 0. The first-order valence-corrected chi connectivity index (χ1v) is 0. The Morgan fingerprint density at radius 2 is 0.375 bits per heavy atom. The molecular formula is H6Al2O6. The van der Waals surface area contributed by atoms with E-state index in [1.807, 2.05) is 0 Å². The summed E-state index contributed by atoms with van der Waals surface area (Å²) in [6.45, 7) is 0. The van der Waals surface area contributed by atoms with Crippen molar-refractivity contribution in [3.8, 4) is 0 Å². The second-order valence-corrected chi connectivity index (χ2v) is 0. The average Bonchev–Trinajstić information content (AvgIpc) is 0. The molecule has 48 valence electrons. The molecule has 0 aromatic rings. The molecule has 0 aromatic carbocycles. The van der Waals surface area contributed by atoms with Gasteiger partial charge in [0.25, 0.3) is 0 Å². The predicted molar refractivity (Wildman–Crippen MR) is 24.4 cm³/mol. The normalized spacial score (nSPS) is 0. The average molecular weight is 156 g/mol. The van der Waals surface area contributed by atoms with Gasteiger partial charge in [-0.2, -0.15) is 0 Å². The van der Waals surface area contributed by atoms with E-state index in [1.54, 1.807) is 0 Å². The van der Waals surface area contributed by atoms with E-state index in [1.165, 1.54) is 0 Å². The van der Waals surface area contributed by atoms with E-state index in [0.717, 1.165) is 0 Å². The van der Waals surface area contributed by atoms with Gasteiger partial charge in [0, 0.05) is 0 Å². The van der Waals surface area contributed by atoms with Gasteiger partial charge in [0.15, 0.2) is 0 Å². The minimum atomic E-state index is 0. The van der Waals surface area contributed by atoms with E-state index in [2.05, 4.69) is 0 Å². The van der Waals surface area contributed by atoms with Crippen LogP contribution in [0.15, 0.2) is 0 Å². The molecule has 0 amide bonds. The second-order valence-electron chi connectivity index (χ2n) is 0. The van der Waals surface area contributed by atoms with E-state index in [9.17, 15) is 0 Å². The summed E-state index contributed by atoms with van der Waals surface area (Å²) in [5.41, 5.74) is 0. The first kappa shape index (κ1) is 794. The molecule has 8 heavy (non-hydrogen) atoms. The van der Waals surface area contributed by atoms with Crippen molar-refractivity contribution in [2.75, 3.05) is 0 Å². The van der Waals surface area contributed by atoms with Crippen molar-refractivity contribution in [1.82, 2.24) is 0 Å². The van der Waals surface area contributed by atoms with Crippen LogP contribution in [-0.2, 0) is 16.4 Å². The van der Waals surface area contributed by atoms with Crippen LogP contribution in [0, 0.1) is 0 Å². The summed E-state index contributed by atoms with van der Waals surface area (Å²) in [5, 5.41) is 0. The van der Waals surface area contributed by atoms with Gasteiger partial charge in [0.1, 0.15) is 0 Å². The van der Waals surface area contributed by atoms with Gasteiger partial charge in [0.2, 0.25) is 0 Å². The molecule has 0 saturated heterocycles. The number of hydrogen-bond donors (Lipinski definition) is 0. The van der Waals surface area contributed by atoms with Crippen molar-refractivity contribution in [1.29, 1.82) is 0 Å². The summed E-state index contributed by atoms with van der Waals surface area (Å²) in [4.78, 5) is 0. The Balaban J connectivity index is 0. The van der Waals surface area contributed by atoms with Gasteiger partial charge in [-0.15, -0.1) is 0 Å². The molecule has 0 rings (SSSR count). The summed E-state index contributed by atoms with van der Waals surface area (Å²) >= 11 is 0. The summed E-state index contributed by atoms with van der Waals surface area (Å²) < 4.78 is 0. The topological polar surface area (TPSA) is 180 Å². The molecule has 0 atom stereocenters. The zero-order valence-electron chi connectivity index (χ0n) is 3.88. The van der Waals surface area contributed by atoms with Crippen molar-refractivity contribution in [3.63, 3.8) is 0 Å². The molecule has 0 spiro atoms. The maximum atomic E-state index is 0. The second kappa shape index (κ2) is 536. The van der Waals surface area contributed by atoms with Crippen molar-refractivity contribution in [2.45, 2.75) is 0 Å². The molecular weight excluding hydrogens is 150 g/mol. The Morgan fingerprint density at radius 3 is 0.375 bits per heavy atom. The predicted octanol–water partition coefficient (Wildman–Crippen LogP) is -3.59. The van der Waals surface area contributed by atoms with Crippen molar-refractivity contribution in [2.24, 2.45) is 0 Å². The van der Waals surface area contributed by atoms with Crippen LogP contribution < -0.4 is 0 Å². The molecule has 0 aromatic heterocycles. The Bertz CT molecular complexity index is 6.49. The molecule has 0 aliphatic heterocycles. The SMILES string of the molecule is O.O.O.[Al+3].[Al+3].[O-2].[O-2].[O-2]. The zero-order valence-corrected chi connectivity index (χ0v) is 6.19. The largest absolute Gasteiger partial charge is 3.00 e. The Hall–Kier alpha value is 0.825. The van der Waals surface area contributed by atoms with Crippen molar-refractivity contribution >= 4 is 34.7 Å². The molecule has 0 aliphatic carbocycles. The van der Waals surface area contributed by atoms with Crippen molar-refractivity contribution < 1.29 is 32.9 Å². The van der Waals surface area contributed by atoms with Gasteiger partial charge in [-0.25, -0.2) is 0 Å². The standard InChI is InChI=1S/2Al.3H2O.3O/h;;3*1H2;;;/q2*+3;;;;3*-2. The van der Waals surface area contributed by atoms with Gasteiger partial charge in [-0.05, 0) is 0 Å². The summed E-state index contributed by atoms with van der Waals surface area (Å²) in [5.74, 6) is 0. The van der Waals surface area contributed by atoms with Gasteiger partial charge in [0.05, 0.1) is 0 Å². The first-order chi connectivity index (χ1) is 0. The Kier molecular flexibility index (Phi) is 53200. The fraction of sp³-hybridized carbons (Fsp3) is 0. The minimum absolute atomic E-state index is 0. The molecule has 0 radical (unpaired) electrons. The maximum absolute atomic E-state index is 0. The van der Waals surface area contributed by atoms with Crippen LogP contribution in [0.5, 0.6) is 0 Å². The maximum Gasteiger partial charge on any atom is 3.00 e. The fourth-order valence-corrected chi connectivity index (χ4v) is 0. The van der Waals surface area contributed by atoms with Crippen LogP contribution in [0.25, 0.3) is 0 Å².